The summed E-state index contributed by atoms with van der Waals surface area (Å²) in [6.45, 7) is 0. The predicted molar refractivity (Wildman–Crippen MR) is 63.8 cm³/mol. The average Bonchev–Trinajstić information content (AvgIpc) is 3.05. The topological polar surface area (TPSA) is 96.4 Å². The van der Waals surface area contributed by atoms with E-state index in [0.717, 1.165) is 6.20 Å². The molecule has 2 rings (SSSR count). The predicted octanol–water partition coefficient (Wildman–Crippen LogP) is 1.39. The van der Waals surface area contributed by atoms with Crippen molar-refractivity contribution in [3.05, 3.63) is 24.0 Å². The van der Waals surface area contributed by atoms with Crippen LogP contribution >= 0.6 is 0 Å². The molecule has 1 fully saturated rings. The Morgan fingerprint density at radius 2 is 2.00 bits per heavy atom. The van der Waals surface area contributed by atoms with Crippen LogP contribution in [0.5, 0.6) is 0 Å². The van der Waals surface area contributed by atoms with Crippen molar-refractivity contribution in [3.63, 3.8) is 0 Å². The van der Waals surface area contributed by atoms with Crippen LogP contribution in [0.4, 0.5) is 13.2 Å². The summed E-state index contributed by atoms with van der Waals surface area (Å²) in [4.78, 5) is 13.3. The highest BCUT2D eigenvalue weighted by Crippen LogP contribution is 2.40. The smallest absolute Gasteiger partial charge is 0.417 e. The second-order valence-electron chi connectivity index (χ2n) is 4.86. The van der Waals surface area contributed by atoms with E-state index in [-0.39, 0.29) is 0 Å². The van der Waals surface area contributed by atoms with E-state index in [1.165, 1.54) is 0 Å². The van der Waals surface area contributed by atoms with Gasteiger partial charge in [-0.3, -0.25) is 9.78 Å². The fourth-order valence-electron chi connectivity index (χ4n) is 1.82. The third-order valence-electron chi connectivity index (χ3n) is 3.04. The van der Waals surface area contributed by atoms with E-state index in [1.54, 1.807) is 0 Å². The van der Waals surface area contributed by atoms with Gasteiger partial charge in [0, 0.05) is 17.9 Å². The van der Waals surface area contributed by atoms with Crippen molar-refractivity contribution in [1.29, 1.82) is 0 Å². The normalized spacial score (nSPS) is 17.5. The van der Waals surface area contributed by atoms with Gasteiger partial charge >= 0.3 is 12.1 Å². The summed E-state index contributed by atoms with van der Waals surface area (Å²) in [6.07, 6.45) is -3.18. The number of aliphatic carboxylic acids is 1. The van der Waals surface area contributed by atoms with Crippen LogP contribution < -0.4 is 4.72 Å². The first-order valence-corrected chi connectivity index (χ1v) is 7.30. The first-order valence-electron chi connectivity index (χ1n) is 5.82. The molecule has 0 spiro atoms. The second-order valence-corrected chi connectivity index (χ2v) is 6.55. The van der Waals surface area contributed by atoms with Gasteiger partial charge in [-0.2, -0.15) is 13.2 Å². The van der Waals surface area contributed by atoms with Crippen LogP contribution in [0.1, 0.15) is 24.8 Å². The first-order chi connectivity index (χ1) is 9.54. The van der Waals surface area contributed by atoms with Crippen LogP contribution in [0.3, 0.4) is 0 Å². The van der Waals surface area contributed by atoms with Crippen LogP contribution in [0.2, 0.25) is 0 Å². The third-order valence-corrected chi connectivity index (χ3v) is 4.59. The van der Waals surface area contributed by atoms with Crippen molar-refractivity contribution in [2.45, 2.75) is 35.9 Å². The van der Waals surface area contributed by atoms with Crippen molar-refractivity contribution in [2.75, 3.05) is 0 Å². The molecule has 0 saturated heterocycles. The highest BCUT2D eigenvalue weighted by Gasteiger charge is 2.48. The van der Waals surface area contributed by atoms with Crippen LogP contribution in [0, 0.1) is 0 Å². The molecule has 116 valence electrons. The van der Waals surface area contributed by atoms with Crippen molar-refractivity contribution in [3.8, 4) is 0 Å². The van der Waals surface area contributed by atoms with E-state index in [1.807, 2.05) is 0 Å². The average molecular weight is 324 g/mol. The maximum absolute atomic E-state index is 12.5. The third kappa shape index (κ3) is 3.70. The largest absolute Gasteiger partial charge is 0.481 e. The van der Waals surface area contributed by atoms with E-state index in [0.29, 0.717) is 25.1 Å². The van der Waals surface area contributed by atoms with Crippen molar-refractivity contribution in [1.82, 2.24) is 9.71 Å². The lowest BCUT2D eigenvalue weighted by molar-refractivity contribution is -0.138. The Hall–Kier alpha value is -1.68. The zero-order valence-corrected chi connectivity index (χ0v) is 11.3. The number of pyridine rings is 1. The quantitative estimate of drug-likeness (QED) is 0.853. The Labute approximate surface area is 118 Å². The minimum Gasteiger partial charge on any atom is -0.481 e. The van der Waals surface area contributed by atoms with Crippen LogP contribution in [-0.4, -0.2) is 30.0 Å². The molecule has 1 aromatic heterocycles. The number of halogens is 3. The maximum Gasteiger partial charge on any atom is 0.417 e. The molecule has 1 aliphatic rings. The monoisotopic (exact) mass is 324 g/mol. The molecule has 0 aliphatic heterocycles. The van der Waals surface area contributed by atoms with E-state index in [4.69, 9.17) is 5.11 Å². The summed E-state index contributed by atoms with van der Waals surface area (Å²) < 4.78 is 63.9. The second kappa shape index (κ2) is 4.95. The Morgan fingerprint density at radius 3 is 2.48 bits per heavy atom. The molecule has 0 radical (unpaired) electrons. The Morgan fingerprint density at radius 1 is 1.38 bits per heavy atom. The number of carbonyl (C=O) groups is 1. The zero-order chi connectivity index (χ0) is 15.9. The van der Waals surface area contributed by atoms with Gasteiger partial charge in [-0.1, -0.05) is 0 Å². The molecule has 1 aliphatic carbocycles. The van der Waals surface area contributed by atoms with Gasteiger partial charge in [0.2, 0.25) is 10.0 Å². The Kier molecular flexibility index (Phi) is 3.70. The number of hydrogen-bond acceptors (Lipinski definition) is 4. The molecule has 6 nitrogen and oxygen atoms in total. The number of aromatic nitrogens is 1. The lowest BCUT2D eigenvalue weighted by Crippen LogP contribution is -2.38. The van der Waals surface area contributed by atoms with Crippen molar-refractivity contribution < 1.29 is 31.5 Å². The minimum absolute atomic E-state index is 0.324. The minimum atomic E-state index is -4.71. The number of hydrogen-bond donors (Lipinski definition) is 2. The van der Waals surface area contributed by atoms with Gasteiger partial charge in [-0.05, 0) is 18.9 Å². The molecule has 0 unspecified atom stereocenters. The summed E-state index contributed by atoms with van der Waals surface area (Å²) in [5.41, 5.74) is -2.30. The summed E-state index contributed by atoms with van der Waals surface area (Å²) in [7, 11) is -4.26. The highest BCUT2D eigenvalue weighted by molar-refractivity contribution is 7.89. The fourth-order valence-corrected chi connectivity index (χ4v) is 3.27. The van der Waals surface area contributed by atoms with Gasteiger partial charge in [0.25, 0.3) is 0 Å². The number of rotatable bonds is 5. The molecular formula is C11H11F3N2O4S. The van der Waals surface area contributed by atoms with Gasteiger partial charge in [0.05, 0.1) is 12.0 Å². The van der Waals surface area contributed by atoms with Crippen LogP contribution in [0.15, 0.2) is 23.4 Å². The van der Waals surface area contributed by atoms with E-state index in [9.17, 15) is 26.4 Å². The first kappa shape index (κ1) is 15.7. The maximum atomic E-state index is 12.5. The molecule has 0 bridgehead atoms. The molecule has 0 atom stereocenters. The summed E-state index contributed by atoms with van der Waals surface area (Å²) >= 11 is 0. The van der Waals surface area contributed by atoms with E-state index in [2.05, 4.69) is 9.71 Å². The lowest BCUT2D eigenvalue weighted by atomic mass is 10.2. The Bertz CT molecular complexity index is 668. The molecule has 0 amide bonds. The summed E-state index contributed by atoms with van der Waals surface area (Å²) in [5.74, 6) is -1.18. The molecule has 1 aromatic rings. The summed E-state index contributed by atoms with van der Waals surface area (Å²) in [6, 6.07) is 0.464. The standard InChI is InChI=1S/C11H11F3N2O4S/c12-11(13,14)7-3-8(6-15-5-7)21(19,20)16-10(1-2-10)4-9(17)18/h3,5-6,16H,1-2,4H2,(H,17,18). The SMILES string of the molecule is O=C(O)CC1(NS(=O)(=O)c2cncc(C(F)(F)F)c2)CC1. The summed E-state index contributed by atoms with van der Waals surface area (Å²) in [5, 5.41) is 8.71. The molecule has 0 aromatic carbocycles. The Balaban J connectivity index is 2.27. The van der Waals surface area contributed by atoms with E-state index >= 15 is 0 Å². The zero-order valence-electron chi connectivity index (χ0n) is 10.5. The molecule has 21 heavy (non-hydrogen) atoms. The van der Waals surface area contributed by atoms with Gasteiger partial charge in [-0.25, -0.2) is 13.1 Å². The van der Waals surface area contributed by atoms with Crippen molar-refractivity contribution >= 4 is 16.0 Å². The van der Waals surface area contributed by atoms with Gasteiger partial charge in [0.1, 0.15) is 4.90 Å². The number of alkyl halides is 3. The number of sulfonamides is 1. The molecule has 1 saturated carbocycles. The highest BCUT2D eigenvalue weighted by atomic mass is 32.2. The van der Waals surface area contributed by atoms with E-state index < -0.39 is 44.6 Å². The molecule has 10 heteroatoms. The number of nitrogens with zero attached hydrogens (tertiary/aromatic N) is 1. The number of nitrogens with one attached hydrogen (secondary N) is 1. The number of carboxylic acids is 1. The van der Waals surface area contributed by atoms with Gasteiger partial charge in [-0.15, -0.1) is 0 Å². The molecule has 1 heterocycles. The van der Waals surface area contributed by atoms with Gasteiger partial charge in [0.15, 0.2) is 0 Å². The lowest BCUT2D eigenvalue weighted by Gasteiger charge is -2.16. The van der Waals surface area contributed by atoms with Crippen molar-refractivity contribution in [2.24, 2.45) is 0 Å². The van der Waals surface area contributed by atoms with Crippen LogP contribution in [-0.2, 0) is 21.0 Å². The van der Waals surface area contributed by atoms with Gasteiger partial charge < -0.3 is 5.11 Å². The number of carboxylic acid groups (broad SMARTS) is 1. The molecular weight excluding hydrogens is 313 g/mol. The molecule has 2 N–H and O–H groups in total. The van der Waals surface area contributed by atoms with Crippen LogP contribution in [0.25, 0.3) is 0 Å². The fraction of sp³-hybridized carbons (Fsp3) is 0.455.